The van der Waals surface area contributed by atoms with Crippen LogP contribution in [0.4, 0.5) is 16.0 Å². The number of alkyl halides is 1. The van der Waals surface area contributed by atoms with Crippen molar-refractivity contribution in [1.29, 1.82) is 0 Å². The predicted molar refractivity (Wildman–Crippen MR) is 154 cm³/mol. The number of aliphatic hydroxyl groups is 1. The lowest BCUT2D eigenvalue weighted by Gasteiger charge is -2.27. The summed E-state index contributed by atoms with van der Waals surface area (Å²) < 4.78 is 79.3. The predicted octanol–water partition coefficient (Wildman–Crippen LogP) is 0.912. The Bertz CT molecular complexity index is 1720. The fourth-order valence-electron chi connectivity index (χ4n) is 5.30. The number of ether oxygens (including phenoxy) is 2. The van der Waals surface area contributed by atoms with Gasteiger partial charge < -0.3 is 31.4 Å². The maximum absolute atomic E-state index is 15.8. The van der Waals surface area contributed by atoms with Crippen molar-refractivity contribution in [3.8, 4) is 0 Å². The van der Waals surface area contributed by atoms with Crippen molar-refractivity contribution in [3.05, 3.63) is 24.7 Å². The molecule has 0 amide bonds. The Morgan fingerprint density at radius 3 is 2.43 bits per heavy atom. The molecule has 7 heterocycles. The first kappa shape index (κ1) is 30.5. The van der Waals surface area contributed by atoms with Crippen molar-refractivity contribution in [3.63, 3.8) is 0 Å². The number of halogens is 1. The van der Waals surface area contributed by atoms with Crippen LogP contribution in [0, 0.1) is 0 Å². The molecule has 3 saturated heterocycles. The first-order valence-electron chi connectivity index (χ1n) is 12.9. The van der Waals surface area contributed by atoms with Gasteiger partial charge in [0.1, 0.15) is 54.2 Å². The van der Waals surface area contributed by atoms with Crippen LogP contribution in [0.25, 0.3) is 11.2 Å². The van der Waals surface area contributed by atoms with Gasteiger partial charge in [0.25, 0.3) is 0 Å². The van der Waals surface area contributed by atoms with Crippen molar-refractivity contribution in [2.45, 2.75) is 55.3 Å². The Kier molecular flexibility index (Phi) is 7.79. The van der Waals surface area contributed by atoms with Crippen molar-refractivity contribution >= 4 is 67.2 Å². The Balaban J connectivity index is 1.19. The van der Waals surface area contributed by atoms with Gasteiger partial charge in [-0.1, -0.05) is 24.5 Å². The summed E-state index contributed by atoms with van der Waals surface area (Å²) in [6, 6.07) is 0. The third kappa shape index (κ3) is 5.35. The smallest absolute Gasteiger partial charge is 0.386 e. The first-order chi connectivity index (χ1) is 20.9. The summed E-state index contributed by atoms with van der Waals surface area (Å²) in [5, 5.41) is 14.0. The summed E-state index contributed by atoms with van der Waals surface area (Å²) in [5.74, 6) is 0.331. The second-order valence-corrected chi connectivity index (χ2v) is 15.8. The van der Waals surface area contributed by atoms with E-state index < -0.39 is 82.1 Å². The number of nitrogens with one attached hydrogen (secondary N) is 1. The average molecular weight is 695 g/mol. The summed E-state index contributed by atoms with van der Waals surface area (Å²) in [6.07, 6.45) is -7.26. The number of anilines is 1. The van der Waals surface area contributed by atoms with Gasteiger partial charge in [-0.15, -0.1) is 0 Å². The number of aliphatic imine (C=N–C) groups is 1. The summed E-state index contributed by atoms with van der Waals surface area (Å²) in [6.45, 7) is -9.94. The van der Waals surface area contributed by atoms with Crippen LogP contribution in [0.5, 0.6) is 0 Å². The zero-order valence-electron chi connectivity index (χ0n) is 22.1. The Morgan fingerprint density at radius 2 is 1.66 bits per heavy atom. The minimum atomic E-state index is -4.38. The minimum Gasteiger partial charge on any atom is -0.386 e. The number of thiol groups is 2. The molecule has 238 valence electrons. The molecule has 11 atom stereocenters. The van der Waals surface area contributed by atoms with Crippen LogP contribution < -0.4 is 16.8 Å². The Hall–Kier alpha value is -2.20. The van der Waals surface area contributed by atoms with E-state index in [1.54, 1.807) is 0 Å². The quantitative estimate of drug-likeness (QED) is 0.161. The van der Waals surface area contributed by atoms with Crippen molar-refractivity contribution in [2.24, 2.45) is 10.7 Å². The molecular weight excluding hydrogens is 669 g/mol. The zero-order valence-corrected chi connectivity index (χ0v) is 25.7. The summed E-state index contributed by atoms with van der Waals surface area (Å²) in [4.78, 5) is 20.6. The lowest BCUT2D eigenvalue weighted by molar-refractivity contribution is -0.0577. The molecule has 7 rings (SSSR count). The normalized spacial score (nSPS) is 40.9. The molecule has 2 bridgehead atoms. The van der Waals surface area contributed by atoms with E-state index in [0.29, 0.717) is 5.69 Å². The monoisotopic (exact) mass is 694 g/mol. The number of fused-ring (bicyclic) bond motifs is 5. The zero-order chi connectivity index (χ0) is 31.0. The molecule has 19 nitrogen and oxygen atoms in total. The van der Waals surface area contributed by atoms with E-state index in [2.05, 4.69) is 54.7 Å². The maximum atomic E-state index is 15.8. The Labute approximate surface area is 257 Å². The number of nitrogens with two attached hydrogens (primary N) is 2. The highest BCUT2D eigenvalue weighted by atomic mass is 32.7. The number of hydrogen-bond acceptors (Lipinski definition) is 17. The molecular formula is C20H25FN10O9P2S2. The average Bonchev–Trinajstić information content (AvgIpc) is 3.73. The van der Waals surface area contributed by atoms with E-state index in [1.807, 2.05) is 0 Å². The number of nitrogens with zero attached hydrogens (tertiary/aromatic N) is 7. The molecule has 44 heavy (non-hydrogen) atoms. The molecule has 0 saturated carbocycles. The van der Waals surface area contributed by atoms with Gasteiger partial charge in [0.15, 0.2) is 35.9 Å². The van der Waals surface area contributed by atoms with Crippen LogP contribution in [-0.2, 0) is 36.7 Å². The Morgan fingerprint density at radius 1 is 0.977 bits per heavy atom. The van der Waals surface area contributed by atoms with Crippen molar-refractivity contribution < 1.29 is 46.2 Å². The standard InChI is InChI=1S/C20H25FN10O9P2S2/c21-9-7-1-35-41(33,43)39-13-8(38-19(12(13)32)30-5-28-10-15(22)24-3-26-17(10)30)2-36-42(34,44)40-14(9)20(37-7)31-6-29-11-16(23)25-4-27-18(11)31/h3-9,12-14,16,19-20,32H,1-2,23H2,(H,25,27)(H,33,43)(H,34,44)(H2,22,24,26)/t7-,8-,9+,12-,13-,14-,16?,19-,20-,41-,42-/m1/s1. The van der Waals surface area contributed by atoms with Crippen LogP contribution in [0.3, 0.4) is 0 Å². The molecule has 1 unspecified atom stereocenters. The first-order valence-corrected chi connectivity index (χ1v) is 18.3. The van der Waals surface area contributed by atoms with Crippen LogP contribution in [0.2, 0.25) is 0 Å². The number of imidazole rings is 2. The number of aliphatic hydroxyl groups excluding tert-OH is 1. The van der Waals surface area contributed by atoms with E-state index in [0.717, 1.165) is 0 Å². The molecule has 0 spiro atoms. The molecule has 0 aromatic carbocycles. The summed E-state index contributed by atoms with van der Waals surface area (Å²) >= 11 is 8.09. The number of nitrogen functional groups attached to an aromatic ring is 1. The lowest BCUT2D eigenvalue weighted by Crippen LogP contribution is -2.35. The fourth-order valence-corrected chi connectivity index (χ4v) is 8.25. The minimum absolute atomic E-state index is 0.0913. The van der Waals surface area contributed by atoms with E-state index in [-0.39, 0.29) is 22.8 Å². The highest BCUT2D eigenvalue weighted by Crippen LogP contribution is 2.60. The van der Waals surface area contributed by atoms with Crippen molar-refractivity contribution in [1.82, 2.24) is 34.4 Å². The third-order valence-corrected chi connectivity index (χ3v) is 10.6. The molecule has 24 heteroatoms. The highest BCUT2D eigenvalue weighted by molar-refractivity contribution is 8.44. The maximum Gasteiger partial charge on any atom is 0.386 e. The second-order valence-electron chi connectivity index (χ2n) is 10.1. The van der Waals surface area contributed by atoms with Gasteiger partial charge in [0.05, 0.1) is 32.2 Å². The molecule has 0 aliphatic carbocycles. The highest BCUT2D eigenvalue weighted by Gasteiger charge is 2.54. The van der Waals surface area contributed by atoms with E-state index in [4.69, 9.17) is 39.0 Å². The molecule has 0 radical (unpaired) electrons. The van der Waals surface area contributed by atoms with Gasteiger partial charge in [-0.05, 0) is 0 Å². The number of aromatic nitrogens is 6. The van der Waals surface area contributed by atoms with Crippen LogP contribution >= 0.6 is 38.1 Å². The van der Waals surface area contributed by atoms with Gasteiger partial charge in [-0.25, -0.2) is 38.4 Å². The van der Waals surface area contributed by atoms with E-state index >= 15 is 4.39 Å². The molecule has 3 aromatic heterocycles. The largest absolute Gasteiger partial charge is 0.386 e. The molecule has 6 N–H and O–H groups in total. The van der Waals surface area contributed by atoms with E-state index in [1.165, 1.54) is 34.5 Å². The summed E-state index contributed by atoms with van der Waals surface area (Å²) in [7, 11) is 0. The topological polar surface area (TPSA) is 248 Å². The van der Waals surface area contributed by atoms with Crippen LogP contribution in [-0.4, -0.2) is 90.4 Å². The van der Waals surface area contributed by atoms with Gasteiger partial charge in [-0.3, -0.25) is 27.2 Å². The van der Waals surface area contributed by atoms with Gasteiger partial charge in [-0.2, -0.15) is 0 Å². The SMILES string of the molecule is Nc1ncnc2c1ncn2[C@@H]1O[C@@H]2CO[P@@](=O)(S)O[C@@H]3[C@@H](F)[C@@H](CO[P@@](=O)(S)O[C@H]2[C@H]1O)O[C@H]3n1cnc2c1N=CNC2N. The van der Waals surface area contributed by atoms with Crippen LogP contribution in [0.15, 0.2) is 24.0 Å². The molecule has 3 fully saturated rings. The van der Waals surface area contributed by atoms with Crippen LogP contribution in [0.1, 0.15) is 24.3 Å². The summed E-state index contributed by atoms with van der Waals surface area (Å²) in [5.41, 5.74) is 12.7. The fraction of sp³-hybridized carbons (Fsp3) is 0.550. The van der Waals surface area contributed by atoms with Gasteiger partial charge in [0.2, 0.25) is 0 Å². The van der Waals surface area contributed by atoms with Gasteiger partial charge in [0, 0.05) is 0 Å². The second kappa shape index (κ2) is 11.2. The van der Waals surface area contributed by atoms with E-state index in [9.17, 15) is 14.2 Å². The van der Waals surface area contributed by atoms with Gasteiger partial charge >= 0.3 is 13.6 Å². The lowest BCUT2D eigenvalue weighted by atomic mass is 10.1. The van der Waals surface area contributed by atoms with Crippen molar-refractivity contribution in [2.75, 3.05) is 18.9 Å². The molecule has 3 aromatic rings. The molecule has 4 aliphatic heterocycles. The number of rotatable bonds is 2. The third-order valence-electron chi connectivity index (χ3n) is 7.35. The number of hydrogen-bond donors (Lipinski definition) is 6. The molecule has 4 aliphatic rings.